The molecule has 1 heterocycles. The molecule has 0 saturated heterocycles. The van der Waals surface area contributed by atoms with Crippen LogP contribution in [0.25, 0.3) is 84.8 Å². The Balaban J connectivity index is 1.29. The molecule has 2 heteroatoms. The van der Waals surface area contributed by atoms with Crippen LogP contribution in [0.15, 0.2) is 152 Å². The molecule has 0 N–H and O–H groups in total. The Hall–Kier alpha value is -5.70. The number of fused-ring (bicyclic) bond motifs is 3. The molecule has 1 nitrogen and oxygen atoms in total. The second-order valence-corrected chi connectivity index (χ2v) is 13.6. The van der Waals surface area contributed by atoms with Crippen molar-refractivity contribution in [2.24, 2.45) is 0 Å². The highest BCUT2D eigenvalue weighted by molar-refractivity contribution is 7.25. The largest absolute Gasteiger partial charge is 0.309 e. The van der Waals surface area contributed by atoms with Gasteiger partial charge < -0.3 is 4.90 Å². The molecule has 46 heavy (non-hydrogen) atoms. The van der Waals surface area contributed by atoms with Crippen molar-refractivity contribution in [3.8, 4) is 0 Å². The van der Waals surface area contributed by atoms with Gasteiger partial charge in [-0.2, -0.15) is 0 Å². The lowest BCUT2D eigenvalue weighted by Gasteiger charge is -2.29. The van der Waals surface area contributed by atoms with E-state index in [-0.39, 0.29) is 0 Å². The van der Waals surface area contributed by atoms with E-state index in [0.717, 1.165) is 0 Å². The molecule has 0 atom stereocenters. The molecule has 0 saturated carbocycles. The summed E-state index contributed by atoms with van der Waals surface area (Å²) < 4.78 is 2.64. The Morgan fingerprint density at radius 2 is 0.804 bits per heavy atom. The molecule has 0 spiro atoms. The Kier molecular flexibility index (Phi) is 4.78. The predicted molar refractivity (Wildman–Crippen MR) is 201 cm³/mol. The zero-order chi connectivity index (χ0) is 29.9. The first kappa shape index (κ1) is 24.6. The maximum absolute atomic E-state index is 2.52. The van der Waals surface area contributed by atoms with Crippen molar-refractivity contribution in [1.82, 2.24) is 0 Å². The molecule has 0 aliphatic rings. The van der Waals surface area contributed by atoms with Crippen LogP contribution in [0.2, 0.25) is 0 Å². The Morgan fingerprint density at radius 1 is 0.326 bits per heavy atom. The van der Waals surface area contributed by atoms with Crippen LogP contribution in [-0.2, 0) is 0 Å². The number of anilines is 3. The van der Waals surface area contributed by atoms with E-state index < -0.39 is 0 Å². The lowest BCUT2D eigenvalue weighted by atomic mass is 9.91. The molecule has 0 aliphatic heterocycles. The standard InChI is InChI=1S/C44H25NS/c1-2-10-39-33(9-1)36-25-32(19-24-40(36)46-39)45(37-22-17-30-13-11-26-5-3-7-28-15-20-34(37)43(30)41(26)28)38-23-18-31-14-12-27-6-4-8-29-16-21-35(38)44(31)42(27)29/h1-25H. The number of hydrogen-bond acceptors (Lipinski definition) is 2. The van der Waals surface area contributed by atoms with Gasteiger partial charge in [0.1, 0.15) is 0 Å². The van der Waals surface area contributed by atoms with Crippen LogP contribution in [0.3, 0.4) is 0 Å². The second kappa shape index (κ2) is 8.94. The monoisotopic (exact) mass is 599 g/mol. The summed E-state index contributed by atoms with van der Waals surface area (Å²) in [6, 6.07) is 56.7. The minimum atomic E-state index is 1.17. The van der Waals surface area contributed by atoms with Crippen LogP contribution in [0.5, 0.6) is 0 Å². The fraction of sp³-hybridized carbons (Fsp3) is 0. The Bertz CT molecular complexity index is 2810. The van der Waals surface area contributed by atoms with Gasteiger partial charge in [-0.1, -0.05) is 115 Å². The van der Waals surface area contributed by atoms with Crippen LogP contribution in [0.1, 0.15) is 0 Å². The van der Waals surface area contributed by atoms with Gasteiger partial charge in [0, 0.05) is 36.6 Å². The van der Waals surface area contributed by atoms with E-state index in [1.54, 1.807) is 0 Å². The van der Waals surface area contributed by atoms with Gasteiger partial charge in [-0.05, 0) is 90.3 Å². The smallest absolute Gasteiger partial charge is 0.0540 e. The third kappa shape index (κ3) is 3.24. The van der Waals surface area contributed by atoms with E-state index in [4.69, 9.17) is 0 Å². The Morgan fingerprint density at radius 3 is 1.39 bits per heavy atom. The van der Waals surface area contributed by atoms with Gasteiger partial charge >= 0.3 is 0 Å². The first-order chi connectivity index (χ1) is 22.8. The zero-order valence-electron chi connectivity index (χ0n) is 24.8. The normalized spacial score (nSPS) is 12.3. The quantitative estimate of drug-likeness (QED) is 0.183. The van der Waals surface area contributed by atoms with Crippen molar-refractivity contribution in [2.45, 2.75) is 0 Å². The summed E-state index contributed by atoms with van der Waals surface area (Å²) >= 11 is 1.87. The highest BCUT2D eigenvalue weighted by Crippen LogP contribution is 2.48. The topological polar surface area (TPSA) is 3.24 Å². The molecule has 0 radical (unpaired) electrons. The van der Waals surface area contributed by atoms with Crippen LogP contribution >= 0.6 is 11.3 Å². The van der Waals surface area contributed by atoms with Gasteiger partial charge in [0.05, 0.1) is 11.4 Å². The van der Waals surface area contributed by atoms with Gasteiger partial charge in [0.2, 0.25) is 0 Å². The molecule has 10 aromatic carbocycles. The highest BCUT2D eigenvalue weighted by Gasteiger charge is 2.22. The summed E-state index contributed by atoms with van der Waals surface area (Å²) in [5.74, 6) is 0. The van der Waals surface area contributed by atoms with Crippen molar-refractivity contribution < 1.29 is 0 Å². The number of thiophene rings is 1. The summed E-state index contributed by atoms with van der Waals surface area (Å²) in [5.41, 5.74) is 3.56. The van der Waals surface area contributed by atoms with Crippen molar-refractivity contribution in [3.63, 3.8) is 0 Å². The summed E-state index contributed by atoms with van der Waals surface area (Å²) in [7, 11) is 0. The minimum Gasteiger partial charge on any atom is -0.309 e. The maximum atomic E-state index is 2.52. The highest BCUT2D eigenvalue weighted by atomic mass is 32.1. The molecule has 0 bridgehead atoms. The van der Waals surface area contributed by atoms with Crippen molar-refractivity contribution in [1.29, 1.82) is 0 Å². The molecule has 0 amide bonds. The minimum absolute atomic E-state index is 1.17. The van der Waals surface area contributed by atoms with Gasteiger partial charge in [0.25, 0.3) is 0 Å². The third-order valence-corrected chi connectivity index (χ3v) is 11.3. The average Bonchev–Trinajstić information content (AvgIpc) is 3.49. The number of benzene rings is 10. The third-order valence-electron chi connectivity index (χ3n) is 10.1. The summed E-state index contributed by atoms with van der Waals surface area (Å²) in [6.45, 7) is 0. The number of rotatable bonds is 3. The molecule has 11 aromatic rings. The van der Waals surface area contributed by atoms with Crippen LogP contribution < -0.4 is 4.90 Å². The van der Waals surface area contributed by atoms with E-state index in [2.05, 4.69) is 157 Å². The summed E-state index contributed by atoms with van der Waals surface area (Å²) in [6.07, 6.45) is 0. The second-order valence-electron chi connectivity index (χ2n) is 12.5. The molecular formula is C44H25NS. The number of nitrogens with zero attached hydrogens (tertiary/aromatic N) is 1. The van der Waals surface area contributed by atoms with Gasteiger partial charge in [0.15, 0.2) is 0 Å². The SMILES string of the molecule is c1cc2ccc3ccc(N(c4ccc5sc6ccccc6c5c4)c4ccc5ccc6cccc7ccc4c5c67)c4ccc(c1)c2c34. The van der Waals surface area contributed by atoms with E-state index in [9.17, 15) is 0 Å². The number of hydrogen-bond donors (Lipinski definition) is 0. The van der Waals surface area contributed by atoms with E-state index >= 15 is 0 Å². The first-order valence-corrected chi connectivity index (χ1v) is 16.7. The molecule has 0 fully saturated rings. The Labute approximate surface area is 268 Å². The summed E-state index contributed by atoms with van der Waals surface area (Å²) in [4.78, 5) is 2.52. The van der Waals surface area contributed by atoms with Crippen molar-refractivity contribution >= 4 is 113 Å². The van der Waals surface area contributed by atoms with E-state index in [1.165, 1.54) is 102 Å². The van der Waals surface area contributed by atoms with Gasteiger partial charge in [-0.25, -0.2) is 0 Å². The molecule has 0 aliphatic carbocycles. The van der Waals surface area contributed by atoms with Crippen LogP contribution in [0, 0.1) is 0 Å². The van der Waals surface area contributed by atoms with Crippen LogP contribution in [0.4, 0.5) is 17.1 Å². The predicted octanol–water partition coefficient (Wildman–Crippen LogP) is 13.3. The first-order valence-electron chi connectivity index (χ1n) is 15.8. The molecule has 0 unspecified atom stereocenters. The zero-order valence-corrected chi connectivity index (χ0v) is 25.6. The van der Waals surface area contributed by atoms with Gasteiger partial charge in [-0.15, -0.1) is 11.3 Å². The fourth-order valence-electron chi connectivity index (χ4n) is 8.09. The maximum Gasteiger partial charge on any atom is 0.0540 e. The van der Waals surface area contributed by atoms with Gasteiger partial charge in [-0.3, -0.25) is 0 Å². The van der Waals surface area contributed by atoms with E-state index in [1.807, 2.05) is 11.3 Å². The molecule has 212 valence electrons. The van der Waals surface area contributed by atoms with Crippen LogP contribution in [-0.4, -0.2) is 0 Å². The van der Waals surface area contributed by atoms with Crippen molar-refractivity contribution in [2.75, 3.05) is 4.90 Å². The van der Waals surface area contributed by atoms with E-state index in [0.29, 0.717) is 0 Å². The molecular weight excluding hydrogens is 575 g/mol. The lowest BCUT2D eigenvalue weighted by Crippen LogP contribution is -2.11. The fourth-order valence-corrected chi connectivity index (χ4v) is 9.18. The summed E-state index contributed by atoms with van der Waals surface area (Å²) in [5, 5.41) is 18.2. The average molecular weight is 600 g/mol. The van der Waals surface area contributed by atoms with Crippen molar-refractivity contribution in [3.05, 3.63) is 152 Å². The molecule has 11 rings (SSSR count). The molecule has 1 aromatic heterocycles. The lowest BCUT2D eigenvalue weighted by molar-refractivity contribution is 1.32.